The molecule has 0 aliphatic carbocycles. The molecule has 27 heavy (non-hydrogen) atoms. The molecule has 0 radical (unpaired) electrons. The fourth-order valence-electron chi connectivity index (χ4n) is 2.26. The highest BCUT2D eigenvalue weighted by molar-refractivity contribution is 6.03. The van der Waals surface area contributed by atoms with Gasteiger partial charge in [0.2, 0.25) is 5.91 Å². The summed E-state index contributed by atoms with van der Waals surface area (Å²) in [6.07, 6.45) is 0.679. The maximum Gasteiger partial charge on any atom is 0.253 e. The van der Waals surface area contributed by atoms with Crippen molar-refractivity contribution < 1.29 is 18.7 Å². The first-order valence-corrected chi connectivity index (χ1v) is 8.35. The minimum absolute atomic E-state index is 0. The van der Waals surface area contributed by atoms with Crippen molar-refractivity contribution in [2.45, 2.75) is 12.8 Å². The standard InChI is InChI=1S/C19H22FN3O3.ClH/c20-14-5-3-6-15(13-14)26-12-4-9-18(24)23-17-8-2-1-7-16(17)19(25)22-11-10-21;/h1-3,5-8,13H,4,9-12,21H2,(H,22,25)(H,23,24);1H. The van der Waals surface area contributed by atoms with Crippen LogP contribution in [-0.4, -0.2) is 31.5 Å². The van der Waals surface area contributed by atoms with E-state index in [1.807, 2.05) is 0 Å². The summed E-state index contributed by atoms with van der Waals surface area (Å²) < 4.78 is 18.4. The van der Waals surface area contributed by atoms with Crippen LogP contribution in [0.25, 0.3) is 0 Å². The van der Waals surface area contributed by atoms with Crippen LogP contribution in [0.15, 0.2) is 48.5 Å². The summed E-state index contributed by atoms with van der Waals surface area (Å²) in [4.78, 5) is 24.2. The van der Waals surface area contributed by atoms with E-state index in [-0.39, 0.29) is 43.1 Å². The molecule has 0 heterocycles. The fourth-order valence-corrected chi connectivity index (χ4v) is 2.26. The summed E-state index contributed by atoms with van der Waals surface area (Å²) in [6.45, 7) is 0.986. The molecule has 0 saturated heterocycles. The third kappa shape index (κ3) is 7.64. The molecule has 0 aliphatic rings. The lowest BCUT2D eigenvalue weighted by molar-refractivity contribution is -0.116. The monoisotopic (exact) mass is 395 g/mol. The van der Waals surface area contributed by atoms with Crippen LogP contribution < -0.4 is 21.1 Å². The first kappa shape index (κ1) is 22.4. The Hall–Kier alpha value is -2.64. The summed E-state index contributed by atoms with van der Waals surface area (Å²) in [5.41, 5.74) is 6.20. The Bertz CT molecular complexity index is 758. The molecular weight excluding hydrogens is 373 g/mol. The molecule has 2 aromatic rings. The average Bonchev–Trinajstić information content (AvgIpc) is 2.64. The molecule has 4 N–H and O–H groups in total. The molecule has 0 atom stereocenters. The second-order valence-corrected chi connectivity index (χ2v) is 5.55. The number of halogens is 2. The van der Waals surface area contributed by atoms with Crippen molar-refractivity contribution in [3.05, 3.63) is 59.9 Å². The number of carbonyl (C=O) groups excluding carboxylic acids is 2. The Kier molecular flexibility index (Phi) is 9.85. The highest BCUT2D eigenvalue weighted by Crippen LogP contribution is 2.16. The van der Waals surface area contributed by atoms with E-state index in [4.69, 9.17) is 10.5 Å². The maximum atomic E-state index is 13.0. The molecule has 8 heteroatoms. The van der Waals surface area contributed by atoms with Crippen LogP contribution >= 0.6 is 12.4 Å². The highest BCUT2D eigenvalue weighted by Gasteiger charge is 2.12. The molecule has 6 nitrogen and oxygen atoms in total. The molecule has 2 amide bonds. The smallest absolute Gasteiger partial charge is 0.253 e. The van der Waals surface area contributed by atoms with Gasteiger partial charge < -0.3 is 21.1 Å². The number of nitrogens with one attached hydrogen (secondary N) is 2. The molecule has 0 aliphatic heterocycles. The zero-order valence-electron chi connectivity index (χ0n) is 14.7. The molecule has 0 saturated carbocycles. The third-order valence-corrected chi connectivity index (χ3v) is 3.49. The minimum atomic E-state index is -0.371. The van der Waals surface area contributed by atoms with Gasteiger partial charge in [0.1, 0.15) is 11.6 Å². The number of amides is 2. The second kappa shape index (κ2) is 11.9. The number of para-hydroxylation sites is 1. The molecule has 0 unspecified atom stereocenters. The quantitative estimate of drug-likeness (QED) is 0.569. The van der Waals surface area contributed by atoms with Crippen molar-refractivity contribution in [1.29, 1.82) is 0 Å². The van der Waals surface area contributed by atoms with Crippen molar-refractivity contribution in [3.63, 3.8) is 0 Å². The van der Waals surface area contributed by atoms with Crippen molar-refractivity contribution in [3.8, 4) is 5.75 Å². The number of nitrogens with two attached hydrogens (primary N) is 1. The van der Waals surface area contributed by atoms with Gasteiger partial charge in [-0.1, -0.05) is 18.2 Å². The Balaban J connectivity index is 0.00000364. The van der Waals surface area contributed by atoms with E-state index >= 15 is 0 Å². The molecule has 2 aromatic carbocycles. The van der Waals surface area contributed by atoms with Crippen LogP contribution in [0, 0.1) is 5.82 Å². The lowest BCUT2D eigenvalue weighted by atomic mass is 10.1. The number of hydrogen-bond acceptors (Lipinski definition) is 4. The predicted octanol–water partition coefficient (Wildman–Crippen LogP) is 2.73. The van der Waals surface area contributed by atoms with E-state index in [0.29, 0.717) is 36.5 Å². The van der Waals surface area contributed by atoms with Gasteiger partial charge in [-0.15, -0.1) is 12.4 Å². The van der Waals surface area contributed by atoms with Crippen molar-refractivity contribution in [2.24, 2.45) is 5.73 Å². The van der Waals surface area contributed by atoms with Crippen molar-refractivity contribution in [2.75, 3.05) is 25.0 Å². The van der Waals surface area contributed by atoms with Gasteiger partial charge in [-0.2, -0.15) is 0 Å². The summed E-state index contributed by atoms with van der Waals surface area (Å²) in [5.74, 6) is -0.468. The summed E-state index contributed by atoms with van der Waals surface area (Å²) in [6, 6.07) is 12.6. The van der Waals surface area contributed by atoms with Crippen LogP contribution in [0.2, 0.25) is 0 Å². The topological polar surface area (TPSA) is 93.5 Å². The van der Waals surface area contributed by atoms with Gasteiger partial charge in [-0.05, 0) is 30.7 Å². The van der Waals surface area contributed by atoms with E-state index < -0.39 is 0 Å². The lowest BCUT2D eigenvalue weighted by Gasteiger charge is -2.11. The van der Waals surface area contributed by atoms with Gasteiger partial charge in [0.05, 0.1) is 17.9 Å². The third-order valence-electron chi connectivity index (χ3n) is 3.49. The second-order valence-electron chi connectivity index (χ2n) is 5.55. The van der Waals surface area contributed by atoms with Gasteiger partial charge >= 0.3 is 0 Å². The SMILES string of the molecule is Cl.NCCNC(=O)c1ccccc1NC(=O)CCCOc1cccc(F)c1. The zero-order valence-corrected chi connectivity index (χ0v) is 15.6. The Morgan fingerprint density at radius 1 is 1.11 bits per heavy atom. The van der Waals surface area contributed by atoms with Crippen LogP contribution in [0.4, 0.5) is 10.1 Å². The number of anilines is 1. The normalized spacial score (nSPS) is 9.85. The zero-order chi connectivity index (χ0) is 18.8. The maximum absolute atomic E-state index is 13.0. The van der Waals surface area contributed by atoms with Gasteiger partial charge in [0, 0.05) is 25.6 Å². The van der Waals surface area contributed by atoms with Gasteiger partial charge in [0.15, 0.2) is 0 Å². The molecule has 0 spiro atoms. The molecule has 0 aromatic heterocycles. The molecule has 146 valence electrons. The summed E-state index contributed by atoms with van der Waals surface area (Å²) in [7, 11) is 0. The molecule has 0 fully saturated rings. The number of benzene rings is 2. The summed E-state index contributed by atoms with van der Waals surface area (Å²) in [5, 5.41) is 5.40. The van der Waals surface area contributed by atoms with E-state index in [1.54, 1.807) is 36.4 Å². The van der Waals surface area contributed by atoms with Crippen molar-refractivity contribution in [1.82, 2.24) is 5.32 Å². The van der Waals surface area contributed by atoms with Gasteiger partial charge in [-0.3, -0.25) is 9.59 Å². The van der Waals surface area contributed by atoms with Crippen molar-refractivity contribution >= 4 is 29.9 Å². The fraction of sp³-hybridized carbons (Fsp3) is 0.263. The minimum Gasteiger partial charge on any atom is -0.493 e. The van der Waals surface area contributed by atoms with Crippen LogP contribution in [0.5, 0.6) is 5.75 Å². The van der Waals surface area contributed by atoms with Gasteiger partial charge in [-0.25, -0.2) is 4.39 Å². The van der Waals surface area contributed by atoms with Gasteiger partial charge in [0.25, 0.3) is 5.91 Å². The molecule has 2 rings (SSSR count). The largest absolute Gasteiger partial charge is 0.493 e. The predicted molar refractivity (Wildman–Crippen MR) is 105 cm³/mol. The van der Waals surface area contributed by atoms with Crippen LogP contribution in [-0.2, 0) is 4.79 Å². The van der Waals surface area contributed by atoms with E-state index in [2.05, 4.69) is 10.6 Å². The Morgan fingerprint density at radius 3 is 2.63 bits per heavy atom. The number of carbonyl (C=O) groups is 2. The van der Waals surface area contributed by atoms with Crippen LogP contribution in [0.1, 0.15) is 23.2 Å². The lowest BCUT2D eigenvalue weighted by Crippen LogP contribution is -2.30. The van der Waals surface area contributed by atoms with E-state index in [0.717, 1.165) is 0 Å². The summed E-state index contributed by atoms with van der Waals surface area (Å²) >= 11 is 0. The number of hydrogen-bond donors (Lipinski definition) is 3. The number of ether oxygens (including phenoxy) is 1. The number of rotatable bonds is 9. The van der Waals surface area contributed by atoms with E-state index in [1.165, 1.54) is 12.1 Å². The van der Waals surface area contributed by atoms with Crippen LogP contribution in [0.3, 0.4) is 0 Å². The average molecular weight is 396 g/mol. The first-order chi connectivity index (χ1) is 12.6. The molecule has 0 bridgehead atoms. The molecular formula is C19H23ClFN3O3. The Morgan fingerprint density at radius 2 is 1.89 bits per heavy atom. The first-order valence-electron chi connectivity index (χ1n) is 8.35. The highest BCUT2D eigenvalue weighted by atomic mass is 35.5. The Labute approximate surface area is 163 Å². The van der Waals surface area contributed by atoms with E-state index in [9.17, 15) is 14.0 Å².